The molecule has 0 aliphatic rings. The first-order valence-corrected chi connectivity index (χ1v) is 9.00. The molecule has 4 aromatic rings. The molecule has 5 nitrogen and oxygen atoms in total. The third-order valence-electron chi connectivity index (χ3n) is 4.26. The highest BCUT2D eigenvalue weighted by Gasteiger charge is 2.03. The second kappa shape index (κ2) is 8.27. The lowest BCUT2D eigenvalue weighted by Crippen LogP contribution is -2.04. The number of hydrogen-bond donors (Lipinski definition) is 1. The monoisotopic (exact) mass is 355 g/mol. The zero-order valence-electron chi connectivity index (χ0n) is 15.0. The molecule has 4 rings (SSSR count). The molecule has 0 spiro atoms. The van der Waals surface area contributed by atoms with E-state index in [0.717, 1.165) is 30.2 Å². The first kappa shape index (κ1) is 17.0. The van der Waals surface area contributed by atoms with Crippen molar-refractivity contribution in [2.24, 2.45) is 0 Å². The normalized spacial score (nSPS) is 10.7. The number of anilines is 1. The van der Waals surface area contributed by atoms with Gasteiger partial charge >= 0.3 is 0 Å². The van der Waals surface area contributed by atoms with Crippen LogP contribution in [0.2, 0.25) is 0 Å². The summed E-state index contributed by atoms with van der Waals surface area (Å²) < 4.78 is 1.95. The van der Waals surface area contributed by atoms with E-state index in [9.17, 15) is 0 Å². The van der Waals surface area contributed by atoms with E-state index in [1.54, 1.807) is 6.20 Å². The van der Waals surface area contributed by atoms with Crippen molar-refractivity contribution in [2.45, 2.75) is 19.5 Å². The van der Waals surface area contributed by atoms with Gasteiger partial charge in [-0.05, 0) is 17.2 Å². The van der Waals surface area contributed by atoms with Crippen LogP contribution in [0.25, 0.3) is 0 Å². The zero-order chi connectivity index (χ0) is 18.3. The summed E-state index contributed by atoms with van der Waals surface area (Å²) in [6, 6.07) is 22.5. The van der Waals surface area contributed by atoms with Crippen LogP contribution >= 0.6 is 0 Å². The predicted octanol–water partition coefficient (Wildman–Crippen LogP) is 3.92. The molecule has 134 valence electrons. The van der Waals surface area contributed by atoms with Gasteiger partial charge in [-0.1, -0.05) is 60.7 Å². The Bertz CT molecular complexity index is 980. The molecule has 2 heterocycles. The van der Waals surface area contributed by atoms with E-state index in [1.807, 2.05) is 53.3 Å². The first-order chi connectivity index (χ1) is 13.3. The lowest BCUT2D eigenvalue weighted by molar-refractivity contribution is 0.686. The SMILES string of the molecule is c1ccc(Cc2nccc(NCc3cnn(Cc4ccccc4)c3)n2)cc1. The Balaban J connectivity index is 1.36. The Kier molecular flexibility index (Phi) is 5.20. The topological polar surface area (TPSA) is 55.6 Å². The van der Waals surface area contributed by atoms with E-state index in [1.165, 1.54) is 11.1 Å². The summed E-state index contributed by atoms with van der Waals surface area (Å²) in [7, 11) is 0. The molecule has 2 aromatic heterocycles. The molecule has 0 saturated carbocycles. The van der Waals surface area contributed by atoms with Crippen LogP contribution in [0.3, 0.4) is 0 Å². The van der Waals surface area contributed by atoms with Crippen LogP contribution in [-0.4, -0.2) is 19.7 Å². The third-order valence-corrected chi connectivity index (χ3v) is 4.26. The molecule has 0 unspecified atom stereocenters. The summed E-state index contributed by atoms with van der Waals surface area (Å²) in [6.07, 6.45) is 6.48. The molecule has 2 aromatic carbocycles. The zero-order valence-corrected chi connectivity index (χ0v) is 15.0. The maximum absolute atomic E-state index is 4.61. The van der Waals surface area contributed by atoms with E-state index < -0.39 is 0 Å². The largest absolute Gasteiger partial charge is 0.366 e. The van der Waals surface area contributed by atoms with Gasteiger partial charge in [0.2, 0.25) is 0 Å². The predicted molar refractivity (Wildman–Crippen MR) is 106 cm³/mol. The van der Waals surface area contributed by atoms with Gasteiger partial charge in [0.15, 0.2) is 0 Å². The van der Waals surface area contributed by atoms with E-state index in [4.69, 9.17) is 0 Å². The quantitative estimate of drug-likeness (QED) is 0.546. The van der Waals surface area contributed by atoms with Gasteiger partial charge in [-0.2, -0.15) is 5.10 Å². The minimum absolute atomic E-state index is 0.677. The molecule has 0 aliphatic carbocycles. The van der Waals surface area contributed by atoms with Gasteiger partial charge < -0.3 is 5.32 Å². The smallest absolute Gasteiger partial charge is 0.135 e. The fourth-order valence-corrected chi connectivity index (χ4v) is 2.91. The summed E-state index contributed by atoms with van der Waals surface area (Å²) in [5.74, 6) is 1.64. The molecule has 0 saturated heterocycles. The maximum atomic E-state index is 4.61. The van der Waals surface area contributed by atoms with Crippen LogP contribution in [0.15, 0.2) is 85.3 Å². The number of aromatic nitrogens is 4. The Hall–Kier alpha value is -3.47. The third kappa shape index (κ3) is 4.79. The molecule has 0 radical (unpaired) electrons. The van der Waals surface area contributed by atoms with Gasteiger partial charge in [-0.15, -0.1) is 0 Å². The lowest BCUT2D eigenvalue weighted by atomic mass is 10.1. The number of rotatable bonds is 7. The molecule has 0 atom stereocenters. The second-order valence-electron chi connectivity index (χ2n) is 6.41. The molecular formula is C22H21N5. The molecule has 5 heteroatoms. The average molecular weight is 355 g/mol. The van der Waals surface area contributed by atoms with Gasteiger partial charge in [-0.25, -0.2) is 9.97 Å². The fraction of sp³-hybridized carbons (Fsp3) is 0.136. The minimum atomic E-state index is 0.677. The van der Waals surface area contributed by atoms with Crippen molar-refractivity contribution in [1.29, 1.82) is 0 Å². The summed E-state index contributed by atoms with van der Waals surface area (Å²) in [6.45, 7) is 1.45. The van der Waals surface area contributed by atoms with Crippen molar-refractivity contribution in [1.82, 2.24) is 19.7 Å². The average Bonchev–Trinajstić information content (AvgIpc) is 3.16. The van der Waals surface area contributed by atoms with Crippen molar-refractivity contribution >= 4 is 5.82 Å². The van der Waals surface area contributed by atoms with Crippen molar-refractivity contribution < 1.29 is 0 Å². The lowest BCUT2D eigenvalue weighted by Gasteiger charge is -2.06. The van der Waals surface area contributed by atoms with Crippen LogP contribution in [0.5, 0.6) is 0 Å². The first-order valence-electron chi connectivity index (χ1n) is 9.00. The van der Waals surface area contributed by atoms with E-state index in [-0.39, 0.29) is 0 Å². The summed E-state index contributed by atoms with van der Waals surface area (Å²) in [5, 5.41) is 7.80. The van der Waals surface area contributed by atoms with Gasteiger partial charge in [0.1, 0.15) is 11.6 Å². The summed E-state index contributed by atoms with van der Waals surface area (Å²) in [5.41, 5.74) is 3.56. The van der Waals surface area contributed by atoms with Gasteiger partial charge in [0, 0.05) is 30.9 Å². The number of benzene rings is 2. The van der Waals surface area contributed by atoms with Crippen molar-refractivity contribution in [3.05, 3.63) is 108 Å². The van der Waals surface area contributed by atoms with Crippen LogP contribution in [-0.2, 0) is 19.5 Å². The Labute approximate surface area is 158 Å². The van der Waals surface area contributed by atoms with Gasteiger partial charge in [0.05, 0.1) is 12.7 Å². The second-order valence-corrected chi connectivity index (χ2v) is 6.41. The fourth-order valence-electron chi connectivity index (χ4n) is 2.91. The van der Waals surface area contributed by atoms with Crippen molar-refractivity contribution in [3.8, 4) is 0 Å². The van der Waals surface area contributed by atoms with Crippen molar-refractivity contribution in [2.75, 3.05) is 5.32 Å². The Morgan fingerprint density at radius 1 is 0.815 bits per heavy atom. The van der Waals surface area contributed by atoms with Gasteiger partial charge in [-0.3, -0.25) is 4.68 Å². The summed E-state index contributed by atoms with van der Waals surface area (Å²) in [4.78, 5) is 8.98. The van der Waals surface area contributed by atoms with Gasteiger partial charge in [0.25, 0.3) is 0 Å². The van der Waals surface area contributed by atoms with E-state index in [2.05, 4.69) is 50.8 Å². The Morgan fingerprint density at radius 2 is 1.56 bits per heavy atom. The molecule has 0 bridgehead atoms. The Morgan fingerprint density at radius 3 is 2.33 bits per heavy atom. The standard InChI is InChI=1S/C22H21N5/c1-3-7-18(8-4-1)13-22-23-12-11-21(26-22)24-14-20-15-25-27(17-20)16-19-9-5-2-6-10-19/h1-12,15,17H,13-14,16H2,(H,23,24,26). The number of nitrogens with zero attached hydrogens (tertiary/aromatic N) is 4. The number of hydrogen-bond acceptors (Lipinski definition) is 4. The minimum Gasteiger partial charge on any atom is -0.366 e. The highest BCUT2D eigenvalue weighted by atomic mass is 15.3. The highest BCUT2D eigenvalue weighted by Crippen LogP contribution is 2.10. The summed E-state index contributed by atoms with van der Waals surface area (Å²) >= 11 is 0. The molecule has 0 amide bonds. The molecule has 27 heavy (non-hydrogen) atoms. The van der Waals surface area contributed by atoms with E-state index in [0.29, 0.717) is 6.54 Å². The maximum Gasteiger partial charge on any atom is 0.135 e. The molecule has 0 fully saturated rings. The van der Waals surface area contributed by atoms with Crippen LogP contribution in [0.4, 0.5) is 5.82 Å². The molecular weight excluding hydrogens is 334 g/mol. The van der Waals surface area contributed by atoms with Crippen LogP contribution in [0.1, 0.15) is 22.5 Å². The highest BCUT2D eigenvalue weighted by molar-refractivity contribution is 5.34. The van der Waals surface area contributed by atoms with Crippen LogP contribution in [0, 0.1) is 0 Å². The number of nitrogens with one attached hydrogen (secondary N) is 1. The van der Waals surface area contributed by atoms with E-state index >= 15 is 0 Å². The van der Waals surface area contributed by atoms with Crippen molar-refractivity contribution in [3.63, 3.8) is 0 Å². The molecule has 0 aliphatic heterocycles. The molecule has 1 N–H and O–H groups in total. The van der Waals surface area contributed by atoms with Crippen LogP contribution < -0.4 is 5.32 Å².